The van der Waals surface area contributed by atoms with Gasteiger partial charge in [-0.1, -0.05) is 36.4 Å². The van der Waals surface area contributed by atoms with E-state index in [-0.39, 0.29) is 18.3 Å². The number of carboxylic acids is 1. The lowest BCUT2D eigenvalue weighted by atomic mass is 9.82. The minimum atomic E-state index is -2.07. The van der Waals surface area contributed by atoms with Crippen LogP contribution >= 0.6 is 0 Å². The van der Waals surface area contributed by atoms with Crippen molar-refractivity contribution in [2.45, 2.75) is 42.2 Å². The van der Waals surface area contributed by atoms with Crippen molar-refractivity contribution in [3.63, 3.8) is 0 Å². The summed E-state index contributed by atoms with van der Waals surface area (Å²) in [6, 6.07) is 15.1. The van der Waals surface area contributed by atoms with E-state index in [1.165, 1.54) is 6.08 Å². The second kappa shape index (κ2) is 9.63. The fourth-order valence-corrected chi connectivity index (χ4v) is 6.28. The number of hydrogen-bond acceptors (Lipinski definition) is 10. The predicted molar refractivity (Wildman–Crippen MR) is 146 cm³/mol. The van der Waals surface area contributed by atoms with Crippen LogP contribution in [0.1, 0.15) is 28.7 Å². The molecule has 42 heavy (non-hydrogen) atoms. The molecule has 7 rings (SSSR count). The van der Waals surface area contributed by atoms with Crippen LogP contribution in [-0.4, -0.2) is 77.4 Å². The second-order valence-electron chi connectivity index (χ2n) is 10.6. The molecular weight excluding hydrogens is 548 g/mol. The molecule has 4 aliphatic heterocycles. The molecule has 0 saturated carbocycles. The SMILES string of the molecule is COc1ccc2c(c1OC)O[C@@H]1c3c(-c4ccccc4)cc4c(c3OC[C@@H]21)C=C[C@@]1(O4)O[C@H](C(=O)O)[C@@H](O)[C@H](O)[C@H]1O. The van der Waals surface area contributed by atoms with E-state index in [4.69, 9.17) is 28.4 Å². The van der Waals surface area contributed by atoms with Crippen molar-refractivity contribution in [3.8, 4) is 39.9 Å². The Morgan fingerprint density at radius 2 is 1.79 bits per heavy atom. The van der Waals surface area contributed by atoms with Crippen molar-refractivity contribution < 1.29 is 53.6 Å². The number of aliphatic carboxylic acids is 1. The molecule has 0 aromatic heterocycles. The fourth-order valence-electron chi connectivity index (χ4n) is 6.28. The van der Waals surface area contributed by atoms with E-state index in [1.807, 2.05) is 42.5 Å². The van der Waals surface area contributed by atoms with Gasteiger partial charge in [0, 0.05) is 11.1 Å². The molecule has 1 saturated heterocycles. The highest BCUT2D eigenvalue weighted by Gasteiger charge is 2.58. The van der Waals surface area contributed by atoms with Gasteiger partial charge >= 0.3 is 5.97 Å². The highest BCUT2D eigenvalue weighted by molar-refractivity contribution is 5.82. The van der Waals surface area contributed by atoms with Crippen molar-refractivity contribution in [2.24, 2.45) is 0 Å². The molecule has 0 unspecified atom stereocenters. The summed E-state index contributed by atoms with van der Waals surface area (Å²) in [7, 11) is 3.12. The second-order valence-corrected chi connectivity index (χ2v) is 10.6. The minimum absolute atomic E-state index is 0.149. The topological polar surface area (TPSA) is 153 Å². The van der Waals surface area contributed by atoms with E-state index in [0.717, 1.165) is 22.3 Å². The molecule has 3 aromatic rings. The molecule has 11 heteroatoms. The molecule has 1 fully saturated rings. The number of rotatable bonds is 4. The molecule has 4 N–H and O–H groups in total. The molecule has 0 bridgehead atoms. The number of benzene rings is 3. The molecule has 3 aromatic carbocycles. The van der Waals surface area contributed by atoms with E-state index in [0.29, 0.717) is 28.6 Å². The maximum atomic E-state index is 11.8. The summed E-state index contributed by atoms with van der Waals surface area (Å²) in [4.78, 5) is 11.8. The maximum Gasteiger partial charge on any atom is 0.335 e. The molecule has 1 spiro atoms. The first-order valence-electron chi connectivity index (χ1n) is 13.4. The summed E-state index contributed by atoms with van der Waals surface area (Å²) in [5.74, 6) is -1.38. The van der Waals surface area contributed by atoms with Gasteiger partial charge in [0.2, 0.25) is 5.75 Å². The van der Waals surface area contributed by atoms with E-state index >= 15 is 0 Å². The normalized spacial score (nSPS) is 30.1. The lowest BCUT2D eigenvalue weighted by Crippen LogP contribution is -2.67. The molecular formula is C31H28O11. The first-order chi connectivity index (χ1) is 20.3. The third-order valence-corrected chi connectivity index (χ3v) is 8.34. The van der Waals surface area contributed by atoms with E-state index < -0.39 is 42.3 Å². The Balaban J connectivity index is 1.38. The number of ether oxygens (including phenoxy) is 6. The number of aliphatic hydroxyl groups excluding tert-OH is 3. The van der Waals surface area contributed by atoms with Gasteiger partial charge < -0.3 is 48.8 Å². The Bertz CT molecular complexity index is 1600. The average Bonchev–Trinajstić information content (AvgIpc) is 3.40. The van der Waals surface area contributed by atoms with E-state index in [9.17, 15) is 25.2 Å². The molecule has 0 amide bonds. The number of methoxy groups -OCH3 is 2. The van der Waals surface area contributed by atoms with Crippen LogP contribution in [0.3, 0.4) is 0 Å². The van der Waals surface area contributed by atoms with Gasteiger partial charge in [-0.25, -0.2) is 4.79 Å². The maximum absolute atomic E-state index is 11.8. The first kappa shape index (κ1) is 26.6. The summed E-state index contributed by atoms with van der Waals surface area (Å²) in [5, 5.41) is 41.2. The van der Waals surface area contributed by atoms with Crippen LogP contribution in [0, 0.1) is 0 Å². The van der Waals surface area contributed by atoms with Crippen molar-refractivity contribution >= 4 is 12.0 Å². The average molecular weight is 577 g/mol. The number of hydrogen-bond donors (Lipinski definition) is 4. The minimum Gasteiger partial charge on any atom is -0.493 e. The van der Waals surface area contributed by atoms with Crippen LogP contribution in [0.2, 0.25) is 0 Å². The van der Waals surface area contributed by atoms with Gasteiger partial charge in [-0.2, -0.15) is 0 Å². The van der Waals surface area contributed by atoms with E-state index in [1.54, 1.807) is 26.4 Å². The van der Waals surface area contributed by atoms with Crippen LogP contribution in [0.5, 0.6) is 28.7 Å². The van der Waals surface area contributed by atoms with Gasteiger partial charge in [0.25, 0.3) is 5.79 Å². The third kappa shape index (κ3) is 3.71. The van der Waals surface area contributed by atoms with Gasteiger partial charge in [-0.3, -0.25) is 0 Å². The zero-order valence-corrected chi connectivity index (χ0v) is 22.6. The Morgan fingerprint density at radius 3 is 2.50 bits per heavy atom. The summed E-state index contributed by atoms with van der Waals surface area (Å²) in [6.45, 7) is 0.287. The van der Waals surface area contributed by atoms with Crippen molar-refractivity contribution in [2.75, 3.05) is 20.8 Å². The summed E-state index contributed by atoms with van der Waals surface area (Å²) in [6.07, 6.45) is -4.83. The zero-order chi connectivity index (χ0) is 29.3. The summed E-state index contributed by atoms with van der Waals surface area (Å²) < 4.78 is 36.0. The van der Waals surface area contributed by atoms with Crippen LogP contribution in [0.4, 0.5) is 0 Å². The molecule has 4 heterocycles. The molecule has 218 valence electrons. The van der Waals surface area contributed by atoms with Gasteiger partial charge in [-0.15, -0.1) is 0 Å². The quantitative estimate of drug-likeness (QED) is 0.363. The monoisotopic (exact) mass is 576 g/mol. The van der Waals surface area contributed by atoms with Crippen LogP contribution in [0.15, 0.2) is 54.6 Å². The van der Waals surface area contributed by atoms with Crippen molar-refractivity contribution in [3.05, 3.63) is 71.3 Å². The summed E-state index contributed by atoms with van der Waals surface area (Å²) >= 11 is 0. The van der Waals surface area contributed by atoms with Gasteiger partial charge in [0.1, 0.15) is 29.8 Å². The lowest BCUT2D eigenvalue weighted by Gasteiger charge is -2.47. The number of aliphatic hydroxyl groups is 3. The number of carboxylic acid groups (broad SMARTS) is 1. The Hall–Kier alpha value is -4.29. The fraction of sp³-hybridized carbons (Fsp3) is 0.323. The van der Waals surface area contributed by atoms with Crippen molar-refractivity contribution in [1.29, 1.82) is 0 Å². The van der Waals surface area contributed by atoms with Gasteiger partial charge in [0.15, 0.2) is 23.7 Å². The number of carbonyl (C=O) groups is 1. The largest absolute Gasteiger partial charge is 0.493 e. The summed E-state index contributed by atoms with van der Waals surface area (Å²) in [5.41, 5.74) is 3.80. The highest BCUT2D eigenvalue weighted by Crippen LogP contribution is 2.60. The molecule has 0 radical (unpaired) electrons. The lowest BCUT2D eigenvalue weighted by molar-refractivity contribution is -0.309. The van der Waals surface area contributed by atoms with Crippen LogP contribution in [0.25, 0.3) is 17.2 Å². The van der Waals surface area contributed by atoms with Crippen LogP contribution in [-0.2, 0) is 9.53 Å². The van der Waals surface area contributed by atoms with Gasteiger partial charge in [0.05, 0.1) is 32.3 Å². The predicted octanol–water partition coefficient (Wildman–Crippen LogP) is 2.65. The van der Waals surface area contributed by atoms with Gasteiger partial charge in [-0.05, 0) is 35.4 Å². The van der Waals surface area contributed by atoms with Crippen molar-refractivity contribution in [1.82, 2.24) is 0 Å². The highest BCUT2D eigenvalue weighted by atomic mass is 16.7. The zero-order valence-electron chi connectivity index (χ0n) is 22.6. The van der Waals surface area contributed by atoms with E-state index in [2.05, 4.69) is 0 Å². The Kier molecular flexibility index (Phi) is 6.10. The standard InChI is InChI=1S/C31H28O11/c1-37-19-9-8-15-18-13-39-24-16-10-11-31(29(34)23(33)22(32)28(42-31)30(35)36)41-20(16)12-17(14-6-4-3-5-7-14)21(24)25(18)40-26(15)27(19)38-2/h3-12,18,22-23,25,28-29,32-34H,13H2,1-2H3,(H,35,36)/t18-,22-,23-,25-,28-,29+,31+/m0/s1. The molecule has 11 nitrogen and oxygen atoms in total. The Morgan fingerprint density at radius 1 is 1.00 bits per heavy atom. The Labute approximate surface area is 240 Å². The first-order valence-corrected chi connectivity index (χ1v) is 13.4. The third-order valence-electron chi connectivity index (χ3n) is 8.34. The number of fused-ring (bicyclic) bond motifs is 7. The smallest absolute Gasteiger partial charge is 0.335 e. The molecule has 7 atom stereocenters. The van der Waals surface area contributed by atoms with Crippen LogP contribution < -0.4 is 23.7 Å². The molecule has 4 aliphatic rings. The molecule has 0 aliphatic carbocycles.